The van der Waals surface area contributed by atoms with Gasteiger partial charge in [-0.1, -0.05) is 28.4 Å². The Kier molecular flexibility index (Phi) is 8.14. The molecule has 0 unspecified atom stereocenters. The van der Waals surface area contributed by atoms with Crippen molar-refractivity contribution in [2.75, 3.05) is 6.61 Å². The van der Waals surface area contributed by atoms with Gasteiger partial charge in [0, 0.05) is 24.2 Å². The minimum Gasteiger partial charge on any atom is -0.618 e. The second-order valence-electron chi connectivity index (χ2n) is 8.38. The molecule has 5 aromatic rings. The maximum atomic E-state index is 15.3. The van der Waals surface area contributed by atoms with Gasteiger partial charge in [0.1, 0.15) is 11.7 Å². The van der Waals surface area contributed by atoms with E-state index >= 15 is 4.39 Å². The number of rotatable bonds is 10. The highest BCUT2D eigenvalue weighted by molar-refractivity contribution is 6.31. The number of aromatic nitrogens is 9. The molecule has 0 amide bonds. The summed E-state index contributed by atoms with van der Waals surface area (Å²) in [5, 5.41) is 32.0. The highest BCUT2D eigenvalue weighted by Gasteiger charge is 2.26. The van der Waals surface area contributed by atoms with Crippen LogP contribution in [0.1, 0.15) is 24.7 Å². The molecule has 1 aromatic carbocycles. The van der Waals surface area contributed by atoms with Gasteiger partial charge in [-0.2, -0.15) is 32.5 Å². The monoisotopic (exact) mass is 615 g/mol. The molecule has 0 bridgehead atoms. The summed E-state index contributed by atoms with van der Waals surface area (Å²) in [6.07, 6.45) is 6.06. The molecule has 11 nitrogen and oxygen atoms in total. The van der Waals surface area contributed by atoms with Gasteiger partial charge in [0.15, 0.2) is 17.2 Å². The zero-order chi connectivity index (χ0) is 29.3. The van der Waals surface area contributed by atoms with E-state index in [-0.39, 0.29) is 55.2 Å². The Bertz CT molecular complexity index is 1680. The molecular weight excluding hydrogens is 600 g/mol. The number of nitrogens with zero attached hydrogens (tertiary/aromatic N) is 9. The van der Waals surface area contributed by atoms with E-state index in [4.69, 9.17) is 23.2 Å². The summed E-state index contributed by atoms with van der Waals surface area (Å²) in [6.45, 7) is -6.46. The molecule has 1 atom stereocenters. The third kappa shape index (κ3) is 5.98. The molecular formula is C23H16Cl2F5N9O2. The fourth-order valence-electron chi connectivity index (χ4n) is 4.09. The number of hydrogen-bond donors (Lipinski definition) is 0. The molecule has 18 heteroatoms. The number of pyridine rings is 1. The van der Waals surface area contributed by atoms with Gasteiger partial charge in [-0.15, -0.1) is 15.0 Å². The van der Waals surface area contributed by atoms with Gasteiger partial charge in [-0.25, -0.2) is 9.07 Å². The molecule has 0 spiro atoms. The third-order valence-electron chi connectivity index (χ3n) is 5.89. The Balaban J connectivity index is 1.53. The molecule has 0 aliphatic rings. The number of benzene rings is 1. The highest BCUT2D eigenvalue weighted by Crippen LogP contribution is 2.34. The standard InChI is InChI=1S/C23H16Cl2F5N9O2/c24-14-2-4-18(37-11-19(25)33-35-37)20(21(14)26)12-1-3-17(38(40)10-12)16(5-6-41-23(29)30)36-9-13(7-31-36)15-8-32-39(34-15)22(27)28/h1-4,7-11,16,22-23H,5-6H2/t16-/m1/s1. The second kappa shape index (κ2) is 11.8. The molecule has 214 valence electrons. The first kappa shape index (κ1) is 28.4. The smallest absolute Gasteiger partial charge is 0.348 e. The van der Waals surface area contributed by atoms with Crippen LogP contribution in [0.15, 0.2) is 55.2 Å². The second-order valence-corrected chi connectivity index (χ2v) is 9.18. The number of hydrogen-bond acceptors (Lipinski definition) is 7. The average Bonchev–Trinajstić information content (AvgIpc) is 3.69. The highest BCUT2D eigenvalue weighted by atomic mass is 35.5. The summed E-state index contributed by atoms with van der Waals surface area (Å²) >= 11 is 11.9. The van der Waals surface area contributed by atoms with E-state index < -0.39 is 31.6 Å². The fourth-order valence-corrected chi connectivity index (χ4v) is 4.38. The van der Waals surface area contributed by atoms with E-state index in [1.165, 1.54) is 52.2 Å². The van der Waals surface area contributed by atoms with E-state index in [9.17, 15) is 22.8 Å². The van der Waals surface area contributed by atoms with Crippen LogP contribution in [0.5, 0.6) is 0 Å². The van der Waals surface area contributed by atoms with Gasteiger partial charge in [-0.05, 0) is 18.2 Å². The third-order valence-corrected chi connectivity index (χ3v) is 6.36. The van der Waals surface area contributed by atoms with Crippen LogP contribution < -0.4 is 4.73 Å². The SMILES string of the molecule is [O-][n+]1cc(-c2c(-n3cc(Cl)nn3)ccc(Cl)c2F)ccc1[C@@H](CCOC(F)F)n1cc(-c2cnn(C(F)F)n2)cn1. The number of ether oxygens (including phenoxy) is 1. The van der Waals surface area contributed by atoms with Crippen LogP contribution in [0.25, 0.3) is 28.1 Å². The van der Waals surface area contributed by atoms with Gasteiger partial charge >= 0.3 is 13.2 Å². The van der Waals surface area contributed by atoms with E-state index in [1.807, 2.05) is 0 Å². The van der Waals surface area contributed by atoms with Crippen molar-refractivity contribution in [1.82, 2.24) is 39.8 Å². The lowest BCUT2D eigenvalue weighted by Crippen LogP contribution is -2.36. The Labute approximate surface area is 236 Å². The van der Waals surface area contributed by atoms with E-state index in [0.717, 1.165) is 12.4 Å². The first-order valence-electron chi connectivity index (χ1n) is 11.6. The lowest BCUT2D eigenvalue weighted by molar-refractivity contribution is -0.615. The van der Waals surface area contributed by atoms with Crippen molar-refractivity contribution in [2.45, 2.75) is 25.6 Å². The van der Waals surface area contributed by atoms with Crippen molar-refractivity contribution in [1.29, 1.82) is 0 Å². The molecule has 0 N–H and O–H groups in total. The van der Waals surface area contributed by atoms with Crippen LogP contribution in [0, 0.1) is 11.0 Å². The Morgan fingerprint density at radius 1 is 1.00 bits per heavy atom. The zero-order valence-corrected chi connectivity index (χ0v) is 21.8. The fraction of sp³-hybridized carbons (Fsp3) is 0.217. The van der Waals surface area contributed by atoms with E-state index in [1.54, 1.807) is 0 Å². The minimum absolute atomic E-state index is 0.0327. The summed E-state index contributed by atoms with van der Waals surface area (Å²) in [6, 6.07) is 4.60. The normalized spacial score (nSPS) is 12.5. The molecule has 0 aliphatic heterocycles. The van der Waals surface area contributed by atoms with Gasteiger partial charge in [0.05, 0.1) is 47.0 Å². The maximum Gasteiger partial charge on any atom is 0.348 e. The lowest BCUT2D eigenvalue weighted by Gasteiger charge is -2.18. The Morgan fingerprint density at radius 3 is 2.46 bits per heavy atom. The van der Waals surface area contributed by atoms with Crippen LogP contribution in [-0.2, 0) is 4.74 Å². The molecule has 0 saturated carbocycles. The summed E-state index contributed by atoms with van der Waals surface area (Å²) in [5.74, 6) is -0.834. The summed E-state index contributed by atoms with van der Waals surface area (Å²) in [5.41, 5.74) is 0.610. The molecule has 41 heavy (non-hydrogen) atoms. The number of halogens is 7. The van der Waals surface area contributed by atoms with Crippen molar-refractivity contribution in [2.24, 2.45) is 0 Å². The van der Waals surface area contributed by atoms with Gasteiger partial charge in [0.2, 0.25) is 5.69 Å². The maximum absolute atomic E-state index is 15.3. The minimum atomic E-state index is -3.05. The average molecular weight is 616 g/mol. The summed E-state index contributed by atoms with van der Waals surface area (Å²) in [4.78, 5) is 0.210. The van der Waals surface area contributed by atoms with Crippen LogP contribution in [0.3, 0.4) is 0 Å². The molecule has 0 radical (unpaired) electrons. The number of alkyl halides is 4. The zero-order valence-electron chi connectivity index (χ0n) is 20.3. The molecule has 4 heterocycles. The van der Waals surface area contributed by atoms with Gasteiger partial charge in [-0.3, -0.25) is 4.68 Å². The van der Waals surface area contributed by atoms with Crippen LogP contribution in [-0.4, -0.2) is 53.0 Å². The molecule has 0 saturated heterocycles. The van der Waals surface area contributed by atoms with Crippen LogP contribution in [0.4, 0.5) is 22.0 Å². The van der Waals surface area contributed by atoms with E-state index in [2.05, 4.69) is 30.3 Å². The topological polar surface area (TPSA) is 115 Å². The van der Waals surface area contributed by atoms with Crippen molar-refractivity contribution in [3.05, 3.63) is 82.1 Å². The quantitative estimate of drug-likeness (QED) is 0.122. The van der Waals surface area contributed by atoms with Crippen LogP contribution in [0.2, 0.25) is 10.2 Å². The van der Waals surface area contributed by atoms with Crippen molar-refractivity contribution < 1.29 is 31.4 Å². The predicted molar refractivity (Wildman–Crippen MR) is 133 cm³/mol. The predicted octanol–water partition coefficient (Wildman–Crippen LogP) is 5.08. The van der Waals surface area contributed by atoms with Gasteiger partial charge in [0.25, 0.3) is 0 Å². The Hall–Kier alpha value is -4.15. The van der Waals surface area contributed by atoms with Crippen molar-refractivity contribution in [3.8, 4) is 28.1 Å². The molecule has 5 rings (SSSR count). The van der Waals surface area contributed by atoms with Crippen LogP contribution >= 0.6 is 23.2 Å². The Morgan fingerprint density at radius 2 is 1.80 bits per heavy atom. The van der Waals surface area contributed by atoms with Gasteiger partial charge < -0.3 is 9.94 Å². The first-order chi connectivity index (χ1) is 19.6. The molecule has 0 aliphatic carbocycles. The van der Waals surface area contributed by atoms with Crippen molar-refractivity contribution >= 4 is 23.2 Å². The summed E-state index contributed by atoms with van der Waals surface area (Å²) < 4.78 is 73.7. The molecule has 4 aromatic heterocycles. The van der Waals surface area contributed by atoms with Crippen molar-refractivity contribution in [3.63, 3.8) is 0 Å². The lowest BCUT2D eigenvalue weighted by atomic mass is 10.0. The first-order valence-corrected chi connectivity index (χ1v) is 12.3. The summed E-state index contributed by atoms with van der Waals surface area (Å²) in [7, 11) is 0. The largest absolute Gasteiger partial charge is 0.618 e. The molecule has 0 fully saturated rings. The van der Waals surface area contributed by atoms with E-state index in [0.29, 0.717) is 4.73 Å².